The predicted octanol–water partition coefficient (Wildman–Crippen LogP) is 2.83. The second-order valence-corrected chi connectivity index (χ2v) is 3.65. The van der Waals surface area contributed by atoms with Crippen LogP contribution in [0.5, 0.6) is 0 Å². The van der Waals surface area contributed by atoms with E-state index in [-0.39, 0.29) is 13.0 Å². The van der Waals surface area contributed by atoms with Crippen molar-refractivity contribution in [3.05, 3.63) is 11.6 Å². The molecule has 0 aliphatic rings. The second kappa shape index (κ2) is 10.2. The van der Waals surface area contributed by atoms with Gasteiger partial charge in [-0.1, -0.05) is 11.8 Å². The topological polar surface area (TPSA) is 44.8 Å². The maximum atomic E-state index is 12.7. The standard InChI is InChI=1S/C14H19F3O4/c1-4-19-12(18)10-11(14(15,16)17)8-7-9-13(20-5-2)21-6-3/h10,13H,4-6,9H2,1-3H3/b11-10+. The summed E-state index contributed by atoms with van der Waals surface area (Å²) in [6, 6.07) is 0. The molecule has 0 amide bonds. The Morgan fingerprint density at radius 3 is 2.14 bits per heavy atom. The Balaban J connectivity index is 4.91. The van der Waals surface area contributed by atoms with E-state index < -0.39 is 24.0 Å². The van der Waals surface area contributed by atoms with Crippen molar-refractivity contribution in [2.24, 2.45) is 0 Å². The van der Waals surface area contributed by atoms with E-state index in [9.17, 15) is 18.0 Å². The highest BCUT2D eigenvalue weighted by atomic mass is 19.4. The maximum absolute atomic E-state index is 12.7. The van der Waals surface area contributed by atoms with Crippen LogP contribution in [-0.2, 0) is 19.0 Å². The molecule has 0 radical (unpaired) electrons. The molecule has 4 nitrogen and oxygen atoms in total. The Labute approximate surface area is 122 Å². The summed E-state index contributed by atoms with van der Waals surface area (Å²) < 4.78 is 52.8. The predicted molar refractivity (Wildman–Crippen MR) is 70.2 cm³/mol. The van der Waals surface area contributed by atoms with Crippen LogP contribution in [0.25, 0.3) is 0 Å². The average molecular weight is 308 g/mol. The van der Waals surface area contributed by atoms with Crippen LogP contribution in [0.3, 0.4) is 0 Å². The number of ether oxygens (including phenoxy) is 3. The van der Waals surface area contributed by atoms with Crippen LogP contribution in [0.2, 0.25) is 0 Å². The zero-order valence-corrected chi connectivity index (χ0v) is 12.3. The van der Waals surface area contributed by atoms with Gasteiger partial charge in [0.2, 0.25) is 0 Å². The summed E-state index contributed by atoms with van der Waals surface area (Å²) in [4.78, 5) is 11.1. The molecule has 21 heavy (non-hydrogen) atoms. The number of esters is 1. The van der Waals surface area contributed by atoms with Gasteiger partial charge < -0.3 is 14.2 Å². The van der Waals surface area contributed by atoms with Gasteiger partial charge in [0.25, 0.3) is 0 Å². The van der Waals surface area contributed by atoms with Gasteiger partial charge in [0.1, 0.15) is 5.57 Å². The van der Waals surface area contributed by atoms with Crippen molar-refractivity contribution in [3.8, 4) is 11.8 Å². The minimum atomic E-state index is -4.72. The first-order valence-corrected chi connectivity index (χ1v) is 6.52. The largest absolute Gasteiger partial charge is 0.463 e. The lowest BCUT2D eigenvalue weighted by Gasteiger charge is -2.13. The van der Waals surface area contributed by atoms with E-state index in [1.807, 2.05) is 5.92 Å². The Kier molecular flexibility index (Phi) is 9.50. The van der Waals surface area contributed by atoms with Gasteiger partial charge in [-0.05, 0) is 20.8 Å². The second-order valence-electron chi connectivity index (χ2n) is 3.65. The van der Waals surface area contributed by atoms with E-state index >= 15 is 0 Å². The van der Waals surface area contributed by atoms with E-state index in [1.54, 1.807) is 13.8 Å². The molecule has 0 saturated carbocycles. The third-order valence-electron chi connectivity index (χ3n) is 2.05. The van der Waals surface area contributed by atoms with Gasteiger partial charge in [0, 0.05) is 19.3 Å². The molecule has 120 valence electrons. The Morgan fingerprint density at radius 1 is 1.14 bits per heavy atom. The van der Waals surface area contributed by atoms with Crippen molar-refractivity contribution >= 4 is 5.97 Å². The van der Waals surface area contributed by atoms with Crippen LogP contribution in [0.1, 0.15) is 27.2 Å². The monoisotopic (exact) mass is 308 g/mol. The minimum absolute atomic E-state index is 0.00927. The third kappa shape index (κ3) is 9.10. The third-order valence-corrected chi connectivity index (χ3v) is 2.05. The fraction of sp³-hybridized carbons (Fsp3) is 0.643. The van der Waals surface area contributed by atoms with Crippen LogP contribution in [-0.4, -0.2) is 38.3 Å². The molecule has 0 heterocycles. The van der Waals surface area contributed by atoms with E-state index in [2.05, 4.69) is 10.7 Å². The van der Waals surface area contributed by atoms with Crippen molar-refractivity contribution in [3.63, 3.8) is 0 Å². The number of rotatable bonds is 7. The summed E-state index contributed by atoms with van der Waals surface area (Å²) in [5, 5.41) is 0. The highest BCUT2D eigenvalue weighted by molar-refractivity contribution is 5.84. The Bertz CT molecular complexity index is 399. The molecular formula is C14H19F3O4. The number of hydrogen-bond acceptors (Lipinski definition) is 4. The van der Waals surface area contributed by atoms with Gasteiger partial charge in [0.05, 0.1) is 13.0 Å². The number of carbonyl (C=O) groups is 1. The van der Waals surface area contributed by atoms with Gasteiger partial charge in [0.15, 0.2) is 6.29 Å². The Hall–Kier alpha value is -1.52. The first-order valence-electron chi connectivity index (χ1n) is 6.52. The number of carbonyl (C=O) groups excluding carboxylic acids is 1. The summed E-state index contributed by atoms with van der Waals surface area (Å²) in [7, 11) is 0. The number of halogens is 3. The van der Waals surface area contributed by atoms with Crippen LogP contribution in [0, 0.1) is 11.8 Å². The molecule has 0 spiro atoms. The quantitative estimate of drug-likeness (QED) is 0.314. The minimum Gasteiger partial charge on any atom is -0.463 e. The molecule has 0 saturated heterocycles. The van der Waals surface area contributed by atoms with Crippen LogP contribution in [0.4, 0.5) is 13.2 Å². The summed E-state index contributed by atoms with van der Waals surface area (Å²) in [5.74, 6) is 3.16. The highest BCUT2D eigenvalue weighted by Crippen LogP contribution is 2.25. The molecule has 0 rings (SSSR count). The molecule has 0 atom stereocenters. The lowest BCUT2D eigenvalue weighted by Crippen LogP contribution is -2.17. The van der Waals surface area contributed by atoms with E-state index in [0.717, 1.165) is 0 Å². The molecule has 0 aromatic rings. The fourth-order valence-corrected chi connectivity index (χ4v) is 1.26. The molecular weight excluding hydrogens is 289 g/mol. The Morgan fingerprint density at radius 2 is 1.71 bits per heavy atom. The molecule has 0 fully saturated rings. The first kappa shape index (κ1) is 19.5. The van der Waals surface area contributed by atoms with Crippen LogP contribution < -0.4 is 0 Å². The first-order chi connectivity index (χ1) is 9.85. The lowest BCUT2D eigenvalue weighted by molar-refractivity contribution is -0.138. The van der Waals surface area contributed by atoms with Crippen molar-refractivity contribution < 1.29 is 32.2 Å². The maximum Gasteiger partial charge on any atom is 0.424 e. The van der Waals surface area contributed by atoms with Crippen molar-refractivity contribution in [1.29, 1.82) is 0 Å². The molecule has 0 N–H and O–H groups in total. The van der Waals surface area contributed by atoms with E-state index in [1.165, 1.54) is 6.92 Å². The molecule has 0 aromatic carbocycles. The zero-order chi connectivity index (χ0) is 16.3. The van der Waals surface area contributed by atoms with Gasteiger partial charge >= 0.3 is 12.1 Å². The van der Waals surface area contributed by atoms with Crippen molar-refractivity contribution in [1.82, 2.24) is 0 Å². The molecule has 7 heteroatoms. The lowest BCUT2D eigenvalue weighted by atomic mass is 10.2. The van der Waals surface area contributed by atoms with Gasteiger partial charge in [-0.2, -0.15) is 13.2 Å². The number of alkyl halides is 3. The molecule has 0 aromatic heterocycles. The van der Waals surface area contributed by atoms with Crippen molar-refractivity contribution in [2.75, 3.05) is 19.8 Å². The molecule has 0 aliphatic heterocycles. The molecule has 0 unspecified atom stereocenters. The highest BCUT2D eigenvalue weighted by Gasteiger charge is 2.33. The zero-order valence-electron chi connectivity index (χ0n) is 12.3. The number of allylic oxidation sites excluding steroid dienone is 1. The fourth-order valence-electron chi connectivity index (χ4n) is 1.26. The average Bonchev–Trinajstić information content (AvgIpc) is 2.37. The summed E-state index contributed by atoms with van der Waals surface area (Å²) >= 11 is 0. The number of hydrogen-bond donors (Lipinski definition) is 0. The van der Waals surface area contributed by atoms with Gasteiger partial charge in [-0.25, -0.2) is 4.79 Å². The summed E-state index contributed by atoms with van der Waals surface area (Å²) in [6.45, 7) is 5.68. The normalized spacial score (nSPS) is 12.0. The molecule has 0 bridgehead atoms. The van der Waals surface area contributed by atoms with Gasteiger partial charge in [-0.15, -0.1) is 0 Å². The smallest absolute Gasteiger partial charge is 0.424 e. The van der Waals surface area contributed by atoms with Gasteiger partial charge in [-0.3, -0.25) is 0 Å². The summed E-state index contributed by atoms with van der Waals surface area (Å²) in [5.41, 5.74) is -1.26. The SMILES string of the molecule is CCOC(=O)/C=C(\C#CCC(OCC)OCC)C(F)(F)F. The van der Waals surface area contributed by atoms with E-state index in [4.69, 9.17) is 9.47 Å². The van der Waals surface area contributed by atoms with Crippen molar-refractivity contribution in [2.45, 2.75) is 39.7 Å². The summed E-state index contributed by atoms with van der Waals surface area (Å²) in [6.07, 6.45) is -5.10. The van der Waals surface area contributed by atoms with Crippen LogP contribution >= 0.6 is 0 Å². The van der Waals surface area contributed by atoms with Crippen LogP contribution in [0.15, 0.2) is 11.6 Å². The molecule has 0 aliphatic carbocycles. The van der Waals surface area contributed by atoms with E-state index in [0.29, 0.717) is 19.3 Å².